The van der Waals surface area contributed by atoms with Gasteiger partial charge in [-0.3, -0.25) is 4.79 Å². The minimum Gasteiger partial charge on any atom is -0.463 e. The molecule has 1 N–H and O–H groups in total. The molecule has 0 unspecified atom stereocenters. The Balaban J connectivity index is 3.32. The van der Waals surface area contributed by atoms with E-state index in [9.17, 15) is 9.90 Å². The van der Waals surface area contributed by atoms with Crippen LogP contribution in [0.25, 0.3) is 0 Å². The van der Waals surface area contributed by atoms with Crippen LogP contribution in [0.1, 0.15) is 39.5 Å². The summed E-state index contributed by atoms with van der Waals surface area (Å²) in [5, 5.41) is 9.36. The lowest BCUT2D eigenvalue weighted by atomic mass is 10.3. The van der Waals surface area contributed by atoms with E-state index in [2.05, 4.69) is 6.92 Å². The molecule has 0 aliphatic carbocycles. The van der Waals surface area contributed by atoms with Crippen LogP contribution in [0.4, 0.5) is 0 Å². The number of ether oxygens (including phenoxy) is 2. The molecule has 0 fully saturated rings. The molecule has 0 aromatic rings. The molecule has 0 spiro atoms. The maximum atomic E-state index is 10.9. The minimum absolute atomic E-state index is 0.0327. The van der Waals surface area contributed by atoms with Gasteiger partial charge in [0.05, 0.1) is 6.61 Å². The quantitative estimate of drug-likeness (QED) is 0.471. The van der Waals surface area contributed by atoms with Crippen LogP contribution in [0.3, 0.4) is 0 Å². The van der Waals surface area contributed by atoms with Crippen molar-refractivity contribution in [3.8, 4) is 0 Å². The summed E-state index contributed by atoms with van der Waals surface area (Å²) < 4.78 is 10.0. The second-order valence-electron chi connectivity index (χ2n) is 3.52. The van der Waals surface area contributed by atoms with Crippen molar-refractivity contribution in [2.45, 2.75) is 45.6 Å². The molecule has 0 rings (SSSR count). The van der Waals surface area contributed by atoms with Gasteiger partial charge in [0.1, 0.15) is 12.7 Å². The van der Waals surface area contributed by atoms with Crippen LogP contribution >= 0.6 is 0 Å². The molecule has 4 nitrogen and oxygen atoms in total. The van der Waals surface area contributed by atoms with Gasteiger partial charge >= 0.3 is 5.97 Å². The first kappa shape index (κ1) is 14.4. The molecule has 0 bridgehead atoms. The number of aliphatic hydroxyl groups excluding tert-OH is 1. The van der Waals surface area contributed by atoms with Crippen LogP contribution in [0.15, 0.2) is 0 Å². The van der Waals surface area contributed by atoms with Crippen molar-refractivity contribution in [3.63, 3.8) is 0 Å². The molecule has 0 aliphatic rings. The van der Waals surface area contributed by atoms with Crippen LogP contribution in [-0.4, -0.2) is 37.0 Å². The Bertz CT molecular complexity index is 159. The summed E-state index contributed by atoms with van der Waals surface area (Å²) in [5.74, 6) is -0.259. The van der Waals surface area contributed by atoms with Crippen molar-refractivity contribution in [1.82, 2.24) is 0 Å². The first-order valence-electron chi connectivity index (χ1n) is 5.62. The highest BCUT2D eigenvalue weighted by atomic mass is 16.5. The molecule has 4 heteroatoms. The number of rotatable bonds is 9. The fourth-order valence-electron chi connectivity index (χ4n) is 0.979. The second kappa shape index (κ2) is 9.93. The molecule has 15 heavy (non-hydrogen) atoms. The molecule has 90 valence electrons. The molecule has 0 saturated carbocycles. The summed E-state index contributed by atoms with van der Waals surface area (Å²) in [6, 6.07) is 0. The van der Waals surface area contributed by atoms with Gasteiger partial charge in [-0.15, -0.1) is 0 Å². The number of aliphatic hydroxyl groups is 1. The maximum absolute atomic E-state index is 10.9. The molecule has 1 atom stereocenters. The minimum atomic E-state index is -0.706. The molecule has 0 aromatic heterocycles. The maximum Gasteiger partial charge on any atom is 0.305 e. The topological polar surface area (TPSA) is 55.8 Å². The summed E-state index contributed by atoms with van der Waals surface area (Å²) in [6.45, 7) is 4.90. The highest BCUT2D eigenvalue weighted by Gasteiger charge is 2.07. The van der Waals surface area contributed by atoms with Crippen LogP contribution in [0.2, 0.25) is 0 Å². The monoisotopic (exact) mass is 218 g/mol. The Morgan fingerprint density at radius 1 is 1.27 bits per heavy atom. The van der Waals surface area contributed by atoms with Gasteiger partial charge in [0.25, 0.3) is 0 Å². The highest BCUT2D eigenvalue weighted by Crippen LogP contribution is 1.95. The van der Waals surface area contributed by atoms with Crippen LogP contribution < -0.4 is 0 Å². The van der Waals surface area contributed by atoms with Gasteiger partial charge in [0.2, 0.25) is 0 Å². The first-order chi connectivity index (χ1) is 7.20. The van der Waals surface area contributed by atoms with Gasteiger partial charge < -0.3 is 14.6 Å². The van der Waals surface area contributed by atoms with E-state index in [0.717, 1.165) is 19.3 Å². The molecule has 0 amide bonds. The van der Waals surface area contributed by atoms with E-state index >= 15 is 0 Å². The number of esters is 1. The highest BCUT2D eigenvalue weighted by molar-refractivity contribution is 5.69. The van der Waals surface area contributed by atoms with E-state index in [0.29, 0.717) is 13.0 Å². The van der Waals surface area contributed by atoms with Crippen molar-refractivity contribution >= 4 is 5.97 Å². The number of carbonyl (C=O) groups excluding carboxylic acids is 1. The normalized spacial score (nSPS) is 12.5. The van der Waals surface area contributed by atoms with Crippen molar-refractivity contribution in [2.75, 3.05) is 19.8 Å². The molecule has 0 aliphatic heterocycles. The molecule has 0 aromatic carbocycles. The molecule has 0 saturated heterocycles. The summed E-state index contributed by atoms with van der Waals surface area (Å²) >= 11 is 0. The third-order valence-corrected chi connectivity index (χ3v) is 1.84. The van der Waals surface area contributed by atoms with Crippen molar-refractivity contribution in [2.24, 2.45) is 0 Å². The summed E-state index contributed by atoms with van der Waals surface area (Å²) in [4.78, 5) is 10.9. The van der Waals surface area contributed by atoms with Crippen molar-refractivity contribution in [3.05, 3.63) is 0 Å². The number of carbonyl (C=O) groups is 1. The van der Waals surface area contributed by atoms with Gasteiger partial charge in [-0.05, 0) is 12.8 Å². The molecular formula is C11H22O4. The Morgan fingerprint density at radius 2 is 2.00 bits per heavy atom. The van der Waals surface area contributed by atoms with E-state index < -0.39 is 6.10 Å². The van der Waals surface area contributed by atoms with E-state index in [1.807, 2.05) is 6.92 Å². The third-order valence-electron chi connectivity index (χ3n) is 1.84. The number of hydrogen-bond acceptors (Lipinski definition) is 4. The predicted octanol–water partition coefficient (Wildman–Crippen LogP) is 1.51. The van der Waals surface area contributed by atoms with Crippen molar-refractivity contribution in [1.29, 1.82) is 0 Å². The molecule has 0 heterocycles. The molecular weight excluding hydrogens is 196 g/mol. The predicted molar refractivity (Wildman–Crippen MR) is 57.6 cm³/mol. The zero-order chi connectivity index (χ0) is 11.5. The fraction of sp³-hybridized carbons (Fsp3) is 0.909. The summed E-state index contributed by atoms with van der Waals surface area (Å²) in [5.41, 5.74) is 0. The Kier molecular flexibility index (Phi) is 9.52. The van der Waals surface area contributed by atoms with Gasteiger partial charge in [-0.2, -0.15) is 0 Å². The van der Waals surface area contributed by atoms with Crippen LogP contribution in [-0.2, 0) is 14.3 Å². The van der Waals surface area contributed by atoms with E-state index in [4.69, 9.17) is 9.47 Å². The van der Waals surface area contributed by atoms with E-state index in [1.165, 1.54) is 0 Å². The summed E-state index contributed by atoms with van der Waals surface area (Å²) in [7, 11) is 0. The number of unbranched alkanes of at least 4 members (excludes halogenated alkanes) is 1. The lowest BCUT2D eigenvalue weighted by molar-refractivity contribution is -0.147. The Hall–Kier alpha value is -0.610. The van der Waals surface area contributed by atoms with Gasteiger partial charge in [-0.25, -0.2) is 0 Å². The van der Waals surface area contributed by atoms with E-state index in [-0.39, 0.29) is 19.2 Å². The second-order valence-corrected chi connectivity index (χ2v) is 3.52. The largest absolute Gasteiger partial charge is 0.463 e. The van der Waals surface area contributed by atoms with Gasteiger partial charge in [0, 0.05) is 13.0 Å². The zero-order valence-electron chi connectivity index (χ0n) is 9.70. The van der Waals surface area contributed by atoms with Crippen LogP contribution in [0.5, 0.6) is 0 Å². The lowest BCUT2D eigenvalue weighted by Crippen LogP contribution is -2.23. The lowest BCUT2D eigenvalue weighted by Gasteiger charge is -2.11. The standard InChI is InChI=1S/C11H22O4/c1-3-5-7-14-8-10(12)9-15-11(13)6-4-2/h10,12H,3-9H2,1-2H3/t10-/m1/s1. The smallest absolute Gasteiger partial charge is 0.305 e. The fourth-order valence-corrected chi connectivity index (χ4v) is 0.979. The van der Waals surface area contributed by atoms with Gasteiger partial charge in [-0.1, -0.05) is 20.3 Å². The SMILES string of the molecule is CCCCOC[C@@H](O)COC(=O)CCC. The Morgan fingerprint density at radius 3 is 2.60 bits per heavy atom. The zero-order valence-corrected chi connectivity index (χ0v) is 9.70. The average Bonchev–Trinajstić information content (AvgIpc) is 2.22. The first-order valence-corrected chi connectivity index (χ1v) is 5.62. The molecule has 0 radical (unpaired) electrons. The average molecular weight is 218 g/mol. The van der Waals surface area contributed by atoms with Crippen LogP contribution in [0, 0.1) is 0 Å². The van der Waals surface area contributed by atoms with E-state index in [1.54, 1.807) is 0 Å². The summed E-state index contributed by atoms with van der Waals surface area (Å²) in [6.07, 6.45) is 2.53. The number of hydrogen-bond donors (Lipinski definition) is 1. The Labute approximate surface area is 91.6 Å². The van der Waals surface area contributed by atoms with Crippen molar-refractivity contribution < 1.29 is 19.4 Å². The van der Waals surface area contributed by atoms with Gasteiger partial charge in [0.15, 0.2) is 0 Å². The third kappa shape index (κ3) is 9.69.